The van der Waals surface area contributed by atoms with Crippen LogP contribution < -0.4 is 5.32 Å². The molecule has 0 amide bonds. The first-order chi connectivity index (χ1) is 13.6. The molecule has 4 nitrogen and oxygen atoms in total. The molecule has 1 aliphatic heterocycles. The molecule has 3 aromatic rings. The maximum absolute atomic E-state index is 13.2. The number of alkyl halides is 3. The molecule has 150 valence electrons. The van der Waals surface area contributed by atoms with Crippen LogP contribution in [0.5, 0.6) is 0 Å². The lowest BCUT2D eigenvalue weighted by Gasteiger charge is -2.24. The molecule has 0 saturated heterocycles. The van der Waals surface area contributed by atoms with E-state index in [1.165, 1.54) is 0 Å². The van der Waals surface area contributed by atoms with E-state index >= 15 is 0 Å². The summed E-state index contributed by atoms with van der Waals surface area (Å²) in [5.74, 6) is -1.33. The molecule has 0 bridgehead atoms. The van der Waals surface area contributed by atoms with Gasteiger partial charge in [-0.05, 0) is 41.5 Å². The Morgan fingerprint density at radius 3 is 2.17 bits per heavy atom. The fraction of sp³-hybridized carbons (Fsp3) is 0.111. The summed E-state index contributed by atoms with van der Waals surface area (Å²) in [7, 11) is 0. The van der Waals surface area contributed by atoms with Crippen molar-refractivity contribution in [1.82, 2.24) is 14.8 Å². The van der Waals surface area contributed by atoms with Crippen molar-refractivity contribution in [2.24, 2.45) is 0 Å². The minimum absolute atomic E-state index is 0.0723. The Labute approximate surface area is 182 Å². The van der Waals surface area contributed by atoms with Gasteiger partial charge in [0.25, 0.3) is 5.82 Å². The van der Waals surface area contributed by atoms with E-state index in [2.05, 4.69) is 15.4 Å². The summed E-state index contributed by atoms with van der Waals surface area (Å²) in [4.78, 5) is 3.61. The number of halogens is 7. The average Bonchev–Trinajstić information content (AvgIpc) is 3.10. The van der Waals surface area contributed by atoms with Crippen LogP contribution in [0, 0.1) is 0 Å². The van der Waals surface area contributed by atoms with Gasteiger partial charge in [0.1, 0.15) is 6.04 Å². The zero-order valence-corrected chi connectivity index (χ0v) is 17.1. The summed E-state index contributed by atoms with van der Waals surface area (Å²) < 4.78 is 40.7. The van der Waals surface area contributed by atoms with Gasteiger partial charge in [-0.15, -0.1) is 5.10 Å². The molecule has 2 aromatic carbocycles. The highest BCUT2D eigenvalue weighted by molar-refractivity contribution is 6.42. The van der Waals surface area contributed by atoms with E-state index in [1.807, 2.05) is 0 Å². The fourth-order valence-electron chi connectivity index (χ4n) is 2.88. The molecule has 1 N–H and O–H groups in total. The zero-order valence-electron chi connectivity index (χ0n) is 14.1. The van der Waals surface area contributed by atoms with Crippen LogP contribution in [0.3, 0.4) is 0 Å². The Morgan fingerprint density at radius 2 is 1.55 bits per heavy atom. The highest BCUT2D eigenvalue weighted by Gasteiger charge is 2.39. The van der Waals surface area contributed by atoms with Gasteiger partial charge >= 0.3 is 6.18 Å². The summed E-state index contributed by atoms with van der Waals surface area (Å²) in [5, 5.41) is 7.77. The lowest BCUT2D eigenvalue weighted by molar-refractivity contribution is -0.145. The molecule has 2 heterocycles. The normalized spacial score (nSPS) is 16.2. The highest BCUT2D eigenvalue weighted by atomic mass is 35.5. The Kier molecular flexibility index (Phi) is 5.19. The van der Waals surface area contributed by atoms with Crippen LogP contribution in [0.4, 0.5) is 19.1 Å². The van der Waals surface area contributed by atoms with E-state index in [0.717, 1.165) is 4.68 Å². The molecule has 0 radical (unpaired) electrons. The van der Waals surface area contributed by atoms with E-state index in [-0.39, 0.29) is 11.0 Å². The van der Waals surface area contributed by atoms with E-state index in [1.54, 1.807) is 42.5 Å². The molecule has 4 rings (SSSR count). The first-order valence-electron chi connectivity index (χ1n) is 8.06. The van der Waals surface area contributed by atoms with Crippen LogP contribution in [0.1, 0.15) is 23.0 Å². The van der Waals surface area contributed by atoms with Gasteiger partial charge in [0.15, 0.2) is 0 Å². The van der Waals surface area contributed by atoms with E-state index in [9.17, 15) is 13.2 Å². The Hall–Kier alpha value is -1.93. The standard InChI is InChI=1S/C18H9Cl4F3N4/c19-10-3-1-8(5-12(10)21)14-7-15(9-2-4-11(20)13(22)6-9)29-17(26-14)27-16(28-29)18(23,24)25/h1-7,15H,(H,26,27,28)/t15-/m1/s1. The zero-order chi connectivity index (χ0) is 20.9. The first-order valence-corrected chi connectivity index (χ1v) is 9.57. The van der Waals surface area contributed by atoms with Gasteiger partial charge in [0.05, 0.1) is 20.1 Å². The topological polar surface area (TPSA) is 42.7 Å². The molecular formula is C18H9Cl4F3N4. The number of allylic oxidation sites excluding steroid dienone is 1. The van der Waals surface area contributed by atoms with Crippen LogP contribution in [0.25, 0.3) is 5.70 Å². The summed E-state index contributed by atoms with van der Waals surface area (Å²) in [6.45, 7) is 0. The van der Waals surface area contributed by atoms with Crippen molar-refractivity contribution in [2.75, 3.05) is 5.32 Å². The molecule has 11 heteroatoms. The third-order valence-electron chi connectivity index (χ3n) is 4.24. The summed E-state index contributed by atoms with van der Waals surface area (Å²) in [6.07, 6.45) is -3.00. The maximum Gasteiger partial charge on any atom is 0.453 e. The predicted molar refractivity (Wildman–Crippen MR) is 108 cm³/mol. The number of benzene rings is 2. The first kappa shape index (κ1) is 20.3. The lowest BCUT2D eigenvalue weighted by atomic mass is 10.0. The van der Waals surface area contributed by atoms with Crippen LogP contribution in [-0.2, 0) is 6.18 Å². The van der Waals surface area contributed by atoms with Gasteiger partial charge in [0, 0.05) is 5.70 Å². The number of hydrogen-bond acceptors (Lipinski definition) is 3. The van der Waals surface area contributed by atoms with E-state index < -0.39 is 18.0 Å². The minimum Gasteiger partial charge on any atom is -0.324 e. The molecule has 0 spiro atoms. The second-order valence-electron chi connectivity index (χ2n) is 6.15. The van der Waals surface area contributed by atoms with Crippen molar-refractivity contribution in [3.05, 3.63) is 79.5 Å². The molecule has 1 atom stereocenters. The quantitative estimate of drug-likeness (QED) is 0.431. The van der Waals surface area contributed by atoms with Gasteiger partial charge in [-0.25, -0.2) is 4.68 Å². The van der Waals surface area contributed by atoms with Crippen molar-refractivity contribution in [2.45, 2.75) is 12.2 Å². The number of hydrogen-bond donors (Lipinski definition) is 1. The molecule has 29 heavy (non-hydrogen) atoms. The smallest absolute Gasteiger partial charge is 0.324 e. The van der Waals surface area contributed by atoms with E-state index in [4.69, 9.17) is 46.4 Å². The Morgan fingerprint density at radius 1 is 0.897 bits per heavy atom. The van der Waals surface area contributed by atoms with Gasteiger partial charge in [-0.2, -0.15) is 18.2 Å². The number of anilines is 1. The number of aromatic nitrogens is 3. The van der Waals surface area contributed by atoms with Crippen molar-refractivity contribution in [3.63, 3.8) is 0 Å². The largest absolute Gasteiger partial charge is 0.453 e. The molecule has 0 fully saturated rings. The van der Waals surface area contributed by atoms with Crippen LogP contribution in [0.2, 0.25) is 20.1 Å². The Bertz CT molecular complexity index is 1140. The molecular weight excluding hydrogens is 471 g/mol. The van der Waals surface area contributed by atoms with Crippen molar-refractivity contribution in [1.29, 1.82) is 0 Å². The van der Waals surface area contributed by atoms with Crippen LogP contribution in [0.15, 0.2) is 42.5 Å². The summed E-state index contributed by atoms with van der Waals surface area (Å²) >= 11 is 24.1. The number of rotatable bonds is 2. The summed E-state index contributed by atoms with van der Waals surface area (Å²) in [6, 6.07) is 8.97. The lowest BCUT2D eigenvalue weighted by Crippen LogP contribution is -2.20. The number of nitrogens with zero attached hydrogens (tertiary/aromatic N) is 3. The van der Waals surface area contributed by atoms with Crippen LogP contribution in [-0.4, -0.2) is 14.8 Å². The highest BCUT2D eigenvalue weighted by Crippen LogP contribution is 2.38. The van der Waals surface area contributed by atoms with E-state index in [0.29, 0.717) is 31.9 Å². The third-order valence-corrected chi connectivity index (χ3v) is 5.71. The second-order valence-corrected chi connectivity index (χ2v) is 7.78. The van der Waals surface area contributed by atoms with Crippen LogP contribution >= 0.6 is 46.4 Å². The van der Waals surface area contributed by atoms with Gasteiger partial charge < -0.3 is 5.32 Å². The SMILES string of the molecule is FC(F)(F)c1nc2n(n1)[C@@H](c1ccc(Cl)c(Cl)c1)C=C(c1ccc(Cl)c(Cl)c1)N2. The predicted octanol–water partition coefficient (Wildman–Crippen LogP) is 6.97. The molecule has 1 aliphatic rings. The minimum atomic E-state index is -4.70. The fourth-order valence-corrected chi connectivity index (χ4v) is 3.48. The number of fused-ring (bicyclic) bond motifs is 1. The monoisotopic (exact) mass is 478 g/mol. The third kappa shape index (κ3) is 3.92. The van der Waals surface area contributed by atoms with Crippen molar-refractivity contribution < 1.29 is 13.2 Å². The average molecular weight is 480 g/mol. The Balaban J connectivity index is 1.87. The molecule has 0 saturated carbocycles. The molecule has 0 unspecified atom stereocenters. The van der Waals surface area contributed by atoms with Crippen molar-refractivity contribution in [3.8, 4) is 0 Å². The molecule has 0 aliphatic carbocycles. The summed E-state index contributed by atoms with van der Waals surface area (Å²) in [5.41, 5.74) is 1.69. The molecule has 1 aromatic heterocycles. The second kappa shape index (κ2) is 7.40. The maximum atomic E-state index is 13.2. The number of nitrogens with one attached hydrogen (secondary N) is 1. The van der Waals surface area contributed by atoms with Gasteiger partial charge in [0.2, 0.25) is 5.95 Å². The van der Waals surface area contributed by atoms with Gasteiger partial charge in [-0.1, -0.05) is 58.5 Å². The van der Waals surface area contributed by atoms with Gasteiger partial charge in [-0.3, -0.25) is 0 Å². The van der Waals surface area contributed by atoms with Crippen molar-refractivity contribution >= 4 is 58.0 Å².